The highest BCUT2D eigenvalue weighted by atomic mass is 35.5. The molecule has 2 rings (SSSR count). The van der Waals surface area contributed by atoms with Crippen LogP contribution < -0.4 is 21.3 Å². The third-order valence-electron chi connectivity index (χ3n) is 2.10. The number of halogens is 2. The second kappa shape index (κ2) is 5.63. The van der Waals surface area contributed by atoms with Gasteiger partial charge in [0.15, 0.2) is 0 Å². The number of rotatable bonds is 4. The molecule has 0 bridgehead atoms. The van der Waals surface area contributed by atoms with Crippen LogP contribution in [0.3, 0.4) is 0 Å². The third kappa shape index (κ3) is 3.18. The minimum Gasteiger partial charge on any atom is -0.467 e. The topological polar surface area (TPSA) is 98.0 Å². The number of nitrogen functional groups attached to an aromatic ring is 1. The Kier molecular flexibility index (Phi) is 3.93. The van der Waals surface area contributed by atoms with E-state index in [1.807, 2.05) is 0 Å². The molecule has 2 aromatic rings. The van der Waals surface area contributed by atoms with Gasteiger partial charge in [-0.05, 0) is 18.2 Å². The van der Waals surface area contributed by atoms with E-state index >= 15 is 0 Å². The number of benzene rings is 1. The van der Waals surface area contributed by atoms with Gasteiger partial charge in [-0.15, -0.1) is 0 Å². The van der Waals surface area contributed by atoms with Crippen LogP contribution in [0.15, 0.2) is 18.2 Å². The summed E-state index contributed by atoms with van der Waals surface area (Å²) in [5, 5.41) is 3.01. The first-order valence-corrected chi connectivity index (χ1v) is 5.49. The zero-order valence-electron chi connectivity index (χ0n) is 9.82. The summed E-state index contributed by atoms with van der Waals surface area (Å²) in [5.41, 5.74) is 2.72. The number of aromatic nitrogens is 3. The summed E-state index contributed by atoms with van der Waals surface area (Å²) in [4.78, 5) is 11.7. The number of methoxy groups -OCH3 is 1. The molecule has 0 aliphatic rings. The van der Waals surface area contributed by atoms with Crippen LogP contribution in [-0.4, -0.2) is 22.1 Å². The summed E-state index contributed by atoms with van der Waals surface area (Å²) in [6.07, 6.45) is 0. The van der Waals surface area contributed by atoms with E-state index in [9.17, 15) is 4.39 Å². The van der Waals surface area contributed by atoms with E-state index in [1.165, 1.54) is 25.3 Å². The highest BCUT2D eigenvalue weighted by molar-refractivity contribution is 6.33. The fraction of sp³-hybridized carbons (Fsp3) is 0.100. The molecule has 0 aliphatic heterocycles. The number of nitrogens with zero attached hydrogens (tertiary/aromatic N) is 3. The van der Waals surface area contributed by atoms with Gasteiger partial charge in [0.05, 0.1) is 17.8 Å². The molecule has 100 valence electrons. The Morgan fingerprint density at radius 3 is 2.63 bits per heavy atom. The molecule has 0 radical (unpaired) electrons. The molecule has 0 saturated carbocycles. The maximum atomic E-state index is 12.9. The molecule has 0 saturated heterocycles. The minimum absolute atomic E-state index is 0.0729. The predicted molar refractivity (Wildman–Crippen MR) is 68.9 cm³/mol. The van der Waals surface area contributed by atoms with Crippen molar-refractivity contribution in [2.24, 2.45) is 5.84 Å². The fourth-order valence-corrected chi connectivity index (χ4v) is 1.49. The van der Waals surface area contributed by atoms with Crippen LogP contribution in [0.25, 0.3) is 0 Å². The molecule has 0 unspecified atom stereocenters. The second-order valence-electron chi connectivity index (χ2n) is 3.36. The monoisotopic (exact) mass is 284 g/mol. The van der Waals surface area contributed by atoms with Crippen molar-refractivity contribution in [3.8, 4) is 6.01 Å². The molecule has 0 atom stereocenters. The Morgan fingerprint density at radius 1 is 1.26 bits per heavy atom. The lowest BCUT2D eigenvalue weighted by molar-refractivity contribution is 0.379. The first-order valence-electron chi connectivity index (χ1n) is 5.11. The van der Waals surface area contributed by atoms with Gasteiger partial charge in [0.25, 0.3) is 0 Å². The van der Waals surface area contributed by atoms with Crippen LogP contribution in [0.4, 0.5) is 22.0 Å². The molecular formula is C10H10ClFN6O. The highest BCUT2D eigenvalue weighted by Gasteiger charge is 2.08. The zero-order valence-corrected chi connectivity index (χ0v) is 10.6. The standard InChI is InChI=1S/C10H10ClFN6O/c1-19-10-16-8(15-9(17-10)18-13)14-7-3-2-5(12)4-6(7)11/h2-4H,13H2,1H3,(H2,14,15,16,17,18). The Hall–Kier alpha value is -2.19. The van der Waals surface area contributed by atoms with Crippen molar-refractivity contribution in [2.45, 2.75) is 0 Å². The molecule has 19 heavy (non-hydrogen) atoms. The van der Waals surface area contributed by atoms with Gasteiger partial charge in [-0.1, -0.05) is 11.6 Å². The van der Waals surface area contributed by atoms with Crippen molar-refractivity contribution in [1.29, 1.82) is 0 Å². The summed E-state index contributed by atoms with van der Waals surface area (Å²) < 4.78 is 17.8. The number of hydrazine groups is 1. The lowest BCUT2D eigenvalue weighted by Gasteiger charge is -2.08. The van der Waals surface area contributed by atoms with Gasteiger partial charge < -0.3 is 10.1 Å². The summed E-state index contributed by atoms with van der Waals surface area (Å²) in [6.45, 7) is 0. The number of anilines is 3. The maximum Gasteiger partial charge on any atom is 0.322 e. The van der Waals surface area contributed by atoms with Crippen LogP contribution in [0.5, 0.6) is 6.01 Å². The first-order chi connectivity index (χ1) is 9.12. The Balaban J connectivity index is 2.31. The largest absolute Gasteiger partial charge is 0.467 e. The second-order valence-corrected chi connectivity index (χ2v) is 3.77. The highest BCUT2D eigenvalue weighted by Crippen LogP contribution is 2.25. The van der Waals surface area contributed by atoms with E-state index in [2.05, 4.69) is 25.7 Å². The summed E-state index contributed by atoms with van der Waals surface area (Å²) in [7, 11) is 1.41. The molecule has 4 N–H and O–H groups in total. The molecule has 1 heterocycles. The molecule has 0 aliphatic carbocycles. The SMILES string of the molecule is COc1nc(NN)nc(Nc2ccc(F)cc2Cl)n1. The summed E-state index contributed by atoms with van der Waals surface area (Å²) >= 11 is 5.88. The number of ether oxygens (including phenoxy) is 1. The van der Waals surface area contributed by atoms with Crippen molar-refractivity contribution in [1.82, 2.24) is 15.0 Å². The van der Waals surface area contributed by atoms with Crippen LogP contribution in [-0.2, 0) is 0 Å². The Morgan fingerprint density at radius 2 is 2.00 bits per heavy atom. The van der Waals surface area contributed by atoms with E-state index in [-0.39, 0.29) is 22.9 Å². The van der Waals surface area contributed by atoms with Gasteiger partial charge >= 0.3 is 6.01 Å². The molecular weight excluding hydrogens is 275 g/mol. The quantitative estimate of drug-likeness (QED) is 0.580. The van der Waals surface area contributed by atoms with Crippen LogP contribution >= 0.6 is 11.6 Å². The van der Waals surface area contributed by atoms with Crippen molar-refractivity contribution < 1.29 is 9.13 Å². The molecule has 0 fully saturated rings. The molecule has 9 heteroatoms. The number of nitrogens with two attached hydrogens (primary N) is 1. The average molecular weight is 285 g/mol. The Bertz CT molecular complexity index is 574. The maximum absolute atomic E-state index is 12.9. The number of hydrogen-bond donors (Lipinski definition) is 3. The van der Waals surface area contributed by atoms with Gasteiger partial charge in [-0.2, -0.15) is 15.0 Å². The molecule has 1 aromatic carbocycles. The van der Waals surface area contributed by atoms with E-state index in [0.717, 1.165) is 0 Å². The predicted octanol–water partition coefficient (Wildman–Crippen LogP) is 1.70. The van der Waals surface area contributed by atoms with Crippen LogP contribution in [0.1, 0.15) is 0 Å². The van der Waals surface area contributed by atoms with Gasteiger partial charge in [0, 0.05) is 0 Å². The number of hydrogen-bond acceptors (Lipinski definition) is 7. The molecule has 0 amide bonds. The number of nitrogens with one attached hydrogen (secondary N) is 2. The molecule has 1 aromatic heterocycles. The van der Waals surface area contributed by atoms with E-state index < -0.39 is 5.82 Å². The smallest absolute Gasteiger partial charge is 0.322 e. The van der Waals surface area contributed by atoms with Gasteiger partial charge in [-0.25, -0.2) is 10.2 Å². The van der Waals surface area contributed by atoms with Crippen LogP contribution in [0.2, 0.25) is 5.02 Å². The van der Waals surface area contributed by atoms with E-state index in [4.69, 9.17) is 22.2 Å². The zero-order chi connectivity index (χ0) is 13.8. The minimum atomic E-state index is -0.437. The third-order valence-corrected chi connectivity index (χ3v) is 2.42. The van der Waals surface area contributed by atoms with Gasteiger partial charge in [-0.3, -0.25) is 5.43 Å². The average Bonchev–Trinajstić information content (AvgIpc) is 2.41. The lowest BCUT2D eigenvalue weighted by atomic mass is 10.3. The fourth-order valence-electron chi connectivity index (χ4n) is 1.28. The van der Waals surface area contributed by atoms with E-state index in [1.54, 1.807) is 0 Å². The van der Waals surface area contributed by atoms with Crippen molar-refractivity contribution >= 4 is 29.2 Å². The van der Waals surface area contributed by atoms with Crippen LogP contribution in [0, 0.1) is 5.82 Å². The Labute approximate surface area is 113 Å². The molecule has 7 nitrogen and oxygen atoms in total. The van der Waals surface area contributed by atoms with Crippen molar-refractivity contribution in [2.75, 3.05) is 17.9 Å². The van der Waals surface area contributed by atoms with E-state index in [0.29, 0.717) is 5.69 Å². The van der Waals surface area contributed by atoms with Crippen molar-refractivity contribution in [3.63, 3.8) is 0 Å². The molecule has 0 spiro atoms. The summed E-state index contributed by atoms with van der Waals surface area (Å²) in [6, 6.07) is 3.96. The van der Waals surface area contributed by atoms with Gasteiger partial charge in [0.2, 0.25) is 11.9 Å². The normalized spacial score (nSPS) is 10.1. The first kappa shape index (κ1) is 13.2. The van der Waals surface area contributed by atoms with Crippen molar-refractivity contribution in [3.05, 3.63) is 29.0 Å². The van der Waals surface area contributed by atoms with Gasteiger partial charge in [0.1, 0.15) is 5.82 Å². The lowest BCUT2D eigenvalue weighted by Crippen LogP contribution is -2.13. The summed E-state index contributed by atoms with van der Waals surface area (Å²) in [5.74, 6) is 5.07.